The minimum atomic E-state index is -0.278. The van der Waals surface area contributed by atoms with Crippen molar-refractivity contribution in [2.24, 2.45) is 5.92 Å². The number of Topliss-reactive ketones (excluding diaryl/α,β-unsaturated/α-hetero) is 1. The number of hydrogen-bond acceptors (Lipinski definition) is 4. The molecule has 0 aromatic heterocycles. The van der Waals surface area contributed by atoms with Crippen molar-refractivity contribution in [1.29, 1.82) is 0 Å². The number of nitrogens with one attached hydrogen (secondary N) is 2. The maximum absolute atomic E-state index is 11.9. The predicted molar refractivity (Wildman–Crippen MR) is 130 cm³/mol. The van der Waals surface area contributed by atoms with Crippen molar-refractivity contribution in [3.63, 3.8) is 0 Å². The van der Waals surface area contributed by atoms with Gasteiger partial charge in [0.1, 0.15) is 11.5 Å². The van der Waals surface area contributed by atoms with Crippen LogP contribution in [0.3, 0.4) is 0 Å². The van der Waals surface area contributed by atoms with Crippen molar-refractivity contribution in [3.05, 3.63) is 59.7 Å². The van der Waals surface area contributed by atoms with E-state index in [-0.39, 0.29) is 11.8 Å². The van der Waals surface area contributed by atoms with E-state index in [9.17, 15) is 9.59 Å². The first kappa shape index (κ1) is 27.2. The van der Waals surface area contributed by atoms with Crippen LogP contribution < -0.4 is 15.4 Å². The number of aliphatic hydroxyl groups excluding tert-OH is 1. The minimum absolute atomic E-state index is 0.114. The van der Waals surface area contributed by atoms with Crippen molar-refractivity contribution < 1.29 is 19.4 Å². The zero-order valence-corrected chi connectivity index (χ0v) is 19.8. The summed E-state index contributed by atoms with van der Waals surface area (Å²) in [5, 5.41) is 14.3. The summed E-state index contributed by atoms with van der Waals surface area (Å²) in [6.45, 7) is 6.67. The van der Waals surface area contributed by atoms with Gasteiger partial charge in [0.2, 0.25) is 0 Å². The number of rotatable bonds is 11. The third kappa shape index (κ3) is 11.5. The van der Waals surface area contributed by atoms with Gasteiger partial charge in [0.15, 0.2) is 0 Å². The smallest absolute Gasteiger partial charge is 0.319 e. The summed E-state index contributed by atoms with van der Waals surface area (Å²) in [5.74, 6) is 1.46. The van der Waals surface area contributed by atoms with Gasteiger partial charge in [-0.1, -0.05) is 57.4 Å². The van der Waals surface area contributed by atoms with Crippen LogP contribution in [0, 0.1) is 5.92 Å². The van der Waals surface area contributed by atoms with E-state index in [1.54, 1.807) is 26.2 Å². The van der Waals surface area contributed by atoms with Gasteiger partial charge in [0.05, 0.1) is 7.11 Å². The number of carbonyl (C=O) groups is 2. The van der Waals surface area contributed by atoms with E-state index >= 15 is 0 Å². The first-order valence-corrected chi connectivity index (χ1v) is 11.3. The zero-order chi connectivity index (χ0) is 23.8. The third-order valence-electron chi connectivity index (χ3n) is 5.08. The number of aliphatic hydroxyl groups is 1. The van der Waals surface area contributed by atoms with Gasteiger partial charge < -0.3 is 20.5 Å². The Kier molecular flexibility index (Phi) is 13.5. The van der Waals surface area contributed by atoms with E-state index in [4.69, 9.17) is 9.84 Å². The maximum Gasteiger partial charge on any atom is 0.319 e. The van der Waals surface area contributed by atoms with E-state index < -0.39 is 0 Å². The van der Waals surface area contributed by atoms with Crippen molar-refractivity contribution in [3.8, 4) is 5.75 Å². The van der Waals surface area contributed by atoms with Gasteiger partial charge in [-0.15, -0.1) is 0 Å². The van der Waals surface area contributed by atoms with Crippen molar-refractivity contribution >= 4 is 17.5 Å². The van der Waals surface area contributed by atoms with Crippen LogP contribution in [0.2, 0.25) is 0 Å². The Morgan fingerprint density at radius 1 is 1.00 bits per heavy atom. The van der Waals surface area contributed by atoms with Crippen molar-refractivity contribution in [2.75, 3.05) is 19.0 Å². The Morgan fingerprint density at radius 2 is 1.62 bits per heavy atom. The molecular formula is C26H38N2O4. The van der Waals surface area contributed by atoms with E-state index in [1.165, 1.54) is 19.3 Å². The molecule has 0 aliphatic heterocycles. The number of anilines is 1. The number of ketones is 1. The number of unbranched alkanes of at least 4 members (excludes halogenated alkanes) is 1. The molecule has 2 amide bonds. The number of urea groups is 1. The van der Waals surface area contributed by atoms with Crippen LogP contribution in [0.15, 0.2) is 48.5 Å². The molecule has 0 saturated heterocycles. The summed E-state index contributed by atoms with van der Waals surface area (Å²) in [6.07, 6.45) is 5.24. The van der Waals surface area contributed by atoms with Crippen LogP contribution in [0.5, 0.6) is 5.75 Å². The molecule has 2 aromatic rings. The first-order chi connectivity index (χ1) is 15.4. The number of benzene rings is 2. The highest BCUT2D eigenvalue weighted by atomic mass is 16.5. The van der Waals surface area contributed by atoms with Gasteiger partial charge in [0.25, 0.3) is 0 Å². The fraction of sp³-hybridized carbons (Fsp3) is 0.462. The molecule has 1 unspecified atom stereocenters. The Hall–Kier alpha value is -2.86. The Morgan fingerprint density at radius 3 is 2.12 bits per heavy atom. The molecule has 3 N–H and O–H groups in total. The normalized spacial score (nSPS) is 11.0. The highest BCUT2D eigenvalue weighted by Gasteiger charge is 2.03. The first-order valence-electron chi connectivity index (χ1n) is 11.3. The molecule has 32 heavy (non-hydrogen) atoms. The number of ether oxygens (including phenoxy) is 1. The second-order valence-corrected chi connectivity index (χ2v) is 7.83. The zero-order valence-electron chi connectivity index (χ0n) is 19.8. The van der Waals surface area contributed by atoms with Gasteiger partial charge in [-0.3, -0.25) is 4.79 Å². The molecule has 0 aliphatic rings. The highest BCUT2D eigenvalue weighted by molar-refractivity contribution is 5.89. The van der Waals surface area contributed by atoms with Gasteiger partial charge in [-0.2, -0.15) is 0 Å². The molecule has 0 fully saturated rings. The molecule has 2 rings (SSSR count). The quantitative estimate of drug-likeness (QED) is 0.438. The van der Waals surface area contributed by atoms with Gasteiger partial charge in [-0.05, 0) is 54.7 Å². The molecule has 1 atom stereocenters. The average molecular weight is 443 g/mol. The second kappa shape index (κ2) is 15.9. The van der Waals surface area contributed by atoms with E-state index in [1.807, 2.05) is 36.4 Å². The topological polar surface area (TPSA) is 87.7 Å². The molecule has 6 nitrogen and oxygen atoms in total. The molecule has 0 radical (unpaired) electrons. The molecule has 0 heterocycles. The summed E-state index contributed by atoms with van der Waals surface area (Å²) in [5.41, 5.74) is 2.60. The van der Waals surface area contributed by atoms with Gasteiger partial charge in [0, 0.05) is 25.3 Å². The van der Waals surface area contributed by atoms with Crippen LogP contribution in [-0.4, -0.2) is 30.6 Å². The van der Waals surface area contributed by atoms with Crippen LogP contribution in [-0.2, 0) is 17.8 Å². The Bertz CT molecular complexity index is 784. The summed E-state index contributed by atoms with van der Waals surface area (Å²) in [6, 6.07) is 14.5. The monoisotopic (exact) mass is 442 g/mol. The third-order valence-corrected chi connectivity index (χ3v) is 5.08. The van der Waals surface area contributed by atoms with Crippen molar-refractivity contribution in [2.45, 2.75) is 59.4 Å². The van der Waals surface area contributed by atoms with E-state index in [0.717, 1.165) is 23.3 Å². The van der Waals surface area contributed by atoms with Crippen LogP contribution in [0.1, 0.15) is 57.6 Å². The van der Waals surface area contributed by atoms with Crippen molar-refractivity contribution in [1.82, 2.24) is 5.32 Å². The molecule has 0 spiro atoms. The number of carbonyl (C=O) groups excluding carboxylic acids is 2. The lowest BCUT2D eigenvalue weighted by Crippen LogP contribution is -2.28. The van der Waals surface area contributed by atoms with E-state index in [0.29, 0.717) is 31.2 Å². The lowest BCUT2D eigenvalue weighted by atomic mass is 10.0. The fourth-order valence-electron chi connectivity index (χ4n) is 3.01. The largest absolute Gasteiger partial charge is 0.497 e. The average Bonchev–Trinajstić information content (AvgIpc) is 2.80. The Labute approximate surface area is 192 Å². The number of amides is 2. The fourth-order valence-corrected chi connectivity index (χ4v) is 3.01. The summed E-state index contributed by atoms with van der Waals surface area (Å²) >= 11 is 0. The minimum Gasteiger partial charge on any atom is -0.497 e. The molecule has 0 aliphatic carbocycles. The lowest BCUT2D eigenvalue weighted by Gasteiger charge is -2.09. The number of methoxy groups -OCH3 is 1. The highest BCUT2D eigenvalue weighted by Crippen LogP contribution is 2.12. The summed E-state index contributed by atoms with van der Waals surface area (Å²) in [4.78, 5) is 22.9. The van der Waals surface area contributed by atoms with Crippen LogP contribution >= 0.6 is 0 Å². The lowest BCUT2D eigenvalue weighted by molar-refractivity contribution is -0.116. The van der Waals surface area contributed by atoms with Gasteiger partial charge >= 0.3 is 6.03 Å². The molecule has 0 bridgehead atoms. The van der Waals surface area contributed by atoms with Crippen LogP contribution in [0.4, 0.5) is 10.5 Å². The summed E-state index contributed by atoms with van der Waals surface area (Å²) in [7, 11) is 1.61. The molecule has 176 valence electrons. The SMILES string of the molecule is CCCCC(CC)CO.COc1ccc(CNC(=O)Nc2ccc(CC(C)=O)cc2)cc1. The summed E-state index contributed by atoms with van der Waals surface area (Å²) < 4.78 is 5.09. The second-order valence-electron chi connectivity index (χ2n) is 7.83. The maximum atomic E-state index is 11.9. The molecule has 6 heteroatoms. The van der Waals surface area contributed by atoms with Crippen LogP contribution in [0.25, 0.3) is 0 Å². The standard InChI is InChI=1S/C18H20N2O3.C8H18O/c1-13(21)11-14-3-7-16(8-4-14)20-18(22)19-12-15-5-9-17(23-2)10-6-15;1-3-5-6-8(4-2)7-9/h3-10H,11-12H2,1-2H3,(H2,19,20,22);8-9H,3-7H2,1-2H3. The Balaban J connectivity index is 0.000000482. The molecule has 0 saturated carbocycles. The van der Waals surface area contributed by atoms with E-state index in [2.05, 4.69) is 24.5 Å². The number of hydrogen-bond donors (Lipinski definition) is 3. The molecular weight excluding hydrogens is 404 g/mol. The van der Waals surface area contributed by atoms with Gasteiger partial charge in [-0.25, -0.2) is 4.79 Å². The predicted octanol–water partition coefficient (Wildman–Crippen LogP) is 5.34. The molecule has 2 aromatic carbocycles.